The third kappa shape index (κ3) is 3.25. The first-order valence-electron chi connectivity index (χ1n) is 9.02. The third-order valence-electron chi connectivity index (χ3n) is 6.48. The summed E-state index contributed by atoms with van der Waals surface area (Å²) in [5.41, 5.74) is -0.210. The number of urea groups is 1. The number of fused-ring (bicyclic) bond motifs is 3. The topological polar surface area (TPSA) is 138 Å². The number of likely N-dealkylation sites (N-methyl/N-ethyl adjacent to an activating group) is 1. The van der Waals surface area contributed by atoms with Crippen molar-refractivity contribution in [2.45, 2.75) is 56.1 Å². The quantitative estimate of drug-likeness (QED) is 0.591. The molecule has 0 unspecified atom stereocenters. The van der Waals surface area contributed by atoms with Gasteiger partial charge in [-0.2, -0.15) is 13.5 Å². The van der Waals surface area contributed by atoms with E-state index in [-0.39, 0.29) is 29.5 Å². The number of carbonyl (C=O) groups excluding carboxylic acids is 1. The first-order valence-corrected chi connectivity index (χ1v) is 10.4. The largest absolute Gasteiger partial charge is 0.423 e. The first-order chi connectivity index (χ1) is 12.7. The fraction of sp³-hybridized carbons (Fsp3) is 0.800. The number of hydrogen-bond donors (Lipinski definition) is 2. The van der Waals surface area contributed by atoms with Gasteiger partial charge in [0.15, 0.2) is 0 Å². The number of amides is 2. The van der Waals surface area contributed by atoms with Crippen LogP contribution in [0.4, 0.5) is 4.79 Å². The van der Waals surface area contributed by atoms with Crippen molar-refractivity contribution in [3.8, 4) is 0 Å². The molecule has 2 aliphatic heterocycles. The number of piperidine rings is 1. The van der Waals surface area contributed by atoms with E-state index in [0.717, 1.165) is 30.7 Å². The van der Waals surface area contributed by atoms with Crippen LogP contribution >= 0.6 is 0 Å². The number of nitrogens with zero attached hydrogens (tertiary/aromatic N) is 4. The molecule has 153 valence electrons. The Bertz CT molecular complexity index is 898. The predicted molar refractivity (Wildman–Crippen MR) is 88.4 cm³/mol. The van der Waals surface area contributed by atoms with E-state index in [2.05, 4.69) is 19.8 Å². The van der Waals surface area contributed by atoms with E-state index in [0.29, 0.717) is 31.2 Å². The van der Waals surface area contributed by atoms with Crippen molar-refractivity contribution in [3.05, 3.63) is 11.8 Å². The molecule has 28 heavy (non-hydrogen) atoms. The van der Waals surface area contributed by atoms with Crippen molar-refractivity contribution in [2.75, 3.05) is 13.6 Å². The molecule has 5 rings (SSSR count). The second-order valence-corrected chi connectivity index (χ2v) is 9.11. The molecule has 2 aliphatic carbocycles. The van der Waals surface area contributed by atoms with E-state index >= 15 is 0 Å². The molecule has 2 saturated carbocycles. The van der Waals surface area contributed by atoms with Crippen LogP contribution in [0.2, 0.25) is 0 Å². The predicted octanol–water partition coefficient (Wildman–Crippen LogP) is 0.427. The molecular weight excluding hydrogens is 429 g/mol. The summed E-state index contributed by atoms with van der Waals surface area (Å²) >= 11 is 0. The van der Waals surface area contributed by atoms with Crippen molar-refractivity contribution in [1.82, 2.24) is 25.5 Å². The maximum atomic E-state index is 12.7. The summed E-state index contributed by atoms with van der Waals surface area (Å²) in [5, 5.41) is 12.4. The molecule has 1 radical (unpaired) electrons. The van der Waals surface area contributed by atoms with Gasteiger partial charge in [0, 0.05) is 37.1 Å². The van der Waals surface area contributed by atoms with Crippen LogP contribution in [0.1, 0.15) is 49.9 Å². The third-order valence-corrected chi connectivity index (χ3v) is 6.83. The van der Waals surface area contributed by atoms with Gasteiger partial charge in [-0.1, -0.05) is 0 Å². The zero-order chi connectivity index (χ0) is 19.0. The molecule has 13 heteroatoms. The number of nitrogens with one attached hydrogen (secondary N) is 1. The van der Waals surface area contributed by atoms with Gasteiger partial charge in [-0.3, -0.25) is 4.55 Å². The molecule has 2 saturated heterocycles. The van der Waals surface area contributed by atoms with Crippen LogP contribution in [-0.2, 0) is 39.7 Å². The van der Waals surface area contributed by atoms with Crippen LogP contribution in [-0.4, -0.2) is 64.3 Å². The van der Waals surface area contributed by atoms with Crippen molar-refractivity contribution in [2.24, 2.45) is 5.41 Å². The van der Waals surface area contributed by atoms with Crippen LogP contribution in [0, 0.1) is 5.41 Å². The maximum absolute atomic E-state index is 12.7. The summed E-state index contributed by atoms with van der Waals surface area (Å²) in [4.78, 5) is 14.2. The Labute approximate surface area is 173 Å². The number of hydroxylamine groups is 2. The Hall–Kier alpha value is -1.18. The van der Waals surface area contributed by atoms with Gasteiger partial charge in [0.05, 0.1) is 6.04 Å². The van der Waals surface area contributed by atoms with Gasteiger partial charge in [-0.15, -0.1) is 14.5 Å². The molecule has 4 fully saturated rings. The number of carbonyl (C=O) groups is 1. The Morgan fingerprint density at radius 3 is 2.61 bits per heavy atom. The Morgan fingerprint density at radius 2 is 2.04 bits per heavy atom. The van der Waals surface area contributed by atoms with E-state index in [1.807, 2.05) is 7.05 Å². The second-order valence-electron chi connectivity index (χ2n) is 8.10. The molecule has 11 nitrogen and oxygen atoms in total. The molecule has 1 aromatic rings. The van der Waals surface area contributed by atoms with Crippen LogP contribution < -0.4 is 5.32 Å². The van der Waals surface area contributed by atoms with Gasteiger partial charge in [0.2, 0.25) is 11.8 Å². The van der Waals surface area contributed by atoms with Gasteiger partial charge in [0.25, 0.3) is 0 Å². The van der Waals surface area contributed by atoms with E-state index in [4.69, 9.17) is 8.97 Å². The molecule has 1 spiro atoms. The van der Waals surface area contributed by atoms with Gasteiger partial charge in [0.1, 0.15) is 6.04 Å². The van der Waals surface area contributed by atoms with Gasteiger partial charge < -0.3 is 14.6 Å². The molecule has 3 heterocycles. The number of rotatable bonds is 6. The fourth-order valence-corrected chi connectivity index (χ4v) is 4.84. The second kappa shape index (κ2) is 6.41. The van der Waals surface area contributed by atoms with E-state index in [1.165, 1.54) is 4.90 Å². The summed E-state index contributed by atoms with van der Waals surface area (Å²) in [5.74, 6) is 0.894. The van der Waals surface area contributed by atoms with Gasteiger partial charge in [-0.25, -0.2) is 4.79 Å². The summed E-state index contributed by atoms with van der Waals surface area (Å²) in [6.45, 7) is 0.303. The van der Waals surface area contributed by atoms with E-state index < -0.39 is 28.5 Å². The van der Waals surface area contributed by atoms with Crippen molar-refractivity contribution >= 4 is 16.4 Å². The average molecular weight is 450 g/mol. The summed E-state index contributed by atoms with van der Waals surface area (Å²) < 4.78 is 41.8. The van der Waals surface area contributed by atoms with Crippen LogP contribution in [0.15, 0.2) is 4.42 Å². The Morgan fingerprint density at radius 1 is 1.32 bits per heavy atom. The van der Waals surface area contributed by atoms with Gasteiger partial charge in [-0.05, 0) is 44.6 Å². The summed E-state index contributed by atoms with van der Waals surface area (Å²) in [7, 11) is -2.86. The minimum Gasteiger partial charge on any atom is -0.423 e. The van der Waals surface area contributed by atoms with Crippen LogP contribution in [0.5, 0.6) is 0 Å². The Kier molecular flexibility index (Phi) is 4.60. The molecule has 2 atom stereocenters. The van der Waals surface area contributed by atoms with Crippen molar-refractivity contribution < 1.29 is 45.0 Å². The summed E-state index contributed by atoms with van der Waals surface area (Å²) in [6, 6.07) is -1.44. The molecule has 4 aliphatic rings. The molecule has 2 bridgehead atoms. The molecule has 0 aromatic carbocycles. The normalized spacial score (nSPS) is 29.1. The molecular formula is C15H21N5O6SV. The smallest absolute Gasteiger partial charge is 0.418 e. The van der Waals surface area contributed by atoms with Crippen molar-refractivity contribution in [1.29, 1.82) is 0 Å². The van der Waals surface area contributed by atoms with Crippen molar-refractivity contribution in [3.63, 3.8) is 0 Å². The van der Waals surface area contributed by atoms with E-state index in [9.17, 15) is 13.2 Å². The molecule has 1 aromatic heterocycles. The zero-order valence-corrected chi connectivity index (χ0v) is 17.5. The molecule has 2 amide bonds. The SMILES string of the molecule is CNC1(Cc2nnc([C@@H]3CC4(CC4)[C@@H]4CN3C(=O)N4OS(=O)(=O)O)o2)CC1.[V]. The zero-order valence-electron chi connectivity index (χ0n) is 15.2. The standard InChI is InChI=1S/C15H21N5O6S.V/c1-16-15(4-5-15)7-11-17-18-12(25-11)9-6-14(2-3-14)10-8-19(9)13(21)20(10)26-27(22,23)24;/h9-10,16H,2-8H2,1H3,(H,22,23,24);/t9-,10-;/m0./s1. The maximum Gasteiger partial charge on any atom is 0.418 e. The number of hydrogen-bond acceptors (Lipinski definition) is 8. The minimum atomic E-state index is -4.78. The number of aromatic nitrogens is 2. The monoisotopic (exact) mass is 450 g/mol. The van der Waals surface area contributed by atoms with Gasteiger partial charge >= 0.3 is 16.4 Å². The first kappa shape index (κ1) is 20.1. The average Bonchev–Trinajstić information content (AvgIpc) is 3.49. The molecule has 2 N–H and O–H groups in total. The Balaban J connectivity index is 0.00000192. The summed E-state index contributed by atoms with van der Waals surface area (Å²) in [6.07, 6.45) is 5.06. The van der Waals surface area contributed by atoms with Crippen LogP contribution in [0.25, 0.3) is 0 Å². The van der Waals surface area contributed by atoms with Crippen LogP contribution in [0.3, 0.4) is 0 Å². The fourth-order valence-electron chi connectivity index (χ4n) is 4.46. The minimum absolute atomic E-state index is 0. The van der Waals surface area contributed by atoms with E-state index in [1.54, 1.807) is 0 Å².